The van der Waals surface area contributed by atoms with Crippen molar-refractivity contribution in [2.45, 2.75) is 328 Å². The predicted octanol–water partition coefficient (Wildman–Crippen LogP) is 16.9. The molecule has 368 valence electrons. The van der Waals surface area contributed by atoms with Gasteiger partial charge < -0.3 is 20.3 Å². The number of rotatable bonds is 51. The van der Waals surface area contributed by atoms with Gasteiger partial charge in [-0.25, -0.2) is 0 Å². The lowest BCUT2D eigenvalue weighted by Crippen LogP contribution is -2.46. The third kappa shape index (κ3) is 45.2. The highest BCUT2D eigenvalue weighted by atomic mass is 16.5. The zero-order chi connectivity index (χ0) is 45.2. The summed E-state index contributed by atoms with van der Waals surface area (Å²) in [5, 5.41) is 23.8. The number of hydrogen-bond acceptors (Lipinski definition) is 5. The van der Waals surface area contributed by atoms with Crippen LogP contribution in [0.3, 0.4) is 0 Å². The molecular formula is C56H109NO5. The third-order valence-electron chi connectivity index (χ3n) is 13.1. The number of ether oxygens (including phenoxy) is 1. The van der Waals surface area contributed by atoms with Crippen LogP contribution in [0.4, 0.5) is 0 Å². The molecule has 0 spiro atoms. The molecule has 3 unspecified atom stereocenters. The normalized spacial score (nSPS) is 13.2. The topological polar surface area (TPSA) is 95.9 Å². The molecule has 3 N–H and O–H groups in total. The molecule has 0 aromatic rings. The van der Waals surface area contributed by atoms with E-state index in [0.717, 1.165) is 51.4 Å². The first-order valence-corrected chi connectivity index (χ1v) is 27.9. The second kappa shape index (κ2) is 50.6. The number of esters is 1. The Hall–Kier alpha value is -1.40. The van der Waals surface area contributed by atoms with Crippen molar-refractivity contribution in [3.05, 3.63) is 12.2 Å². The lowest BCUT2D eigenvalue weighted by molar-refractivity contribution is -0.151. The van der Waals surface area contributed by atoms with E-state index in [0.29, 0.717) is 19.3 Å². The van der Waals surface area contributed by atoms with Gasteiger partial charge in [0.25, 0.3) is 0 Å². The maximum atomic E-state index is 13.2. The smallest absolute Gasteiger partial charge is 0.306 e. The van der Waals surface area contributed by atoms with E-state index in [1.54, 1.807) is 0 Å². The zero-order valence-corrected chi connectivity index (χ0v) is 42.0. The van der Waals surface area contributed by atoms with Crippen LogP contribution in [0.5, 0.6) is 0 Å². The van der Waals surface area contributed by atoms with E-state index in [1.807, 2.05) is 0 Å². The van der Waals surface area contributed by atoms with E-state index >= 15 is 0 Å². The van der Waals surface area contributed by atoms with Gasteiger partial charge in [-0.1, -0.05) is 258 Å². The summed E-state index contributed by atoms with van der Waals surface area (Å²) in [6, 6.07) is -0.696. The van der Waals surface area contributed by atoms with Gasteiger partial charge in [0.2, 0.25) is 5.91 Å². The Morgan fingerprint density at radius 1 is 0.452 bits per heavy atom. The van der Waals surface area contributed by atoms with Crippen LogP contribution >= 0.6 is 0 Å². The third-order valence-corrected chi connectivity index (χ3v) is 13.1. The molecule has 0 aromatic carbocycles. The molecule has 0 rings (SSSR count). The van der Waals surface area contributed by atoms with Gasteiger partial charge in [0.15, 0.2) is 0 Å². The van der Waals surface area contributed by atoms with Gasteiger partial charge in [0, 0.05) is 6.42 Å². The molecule has 1 amide bonds. The minimum absolute atomic E-state index is 0.0820. The van der Waals surface area contributed by atoms with Crippen LogP contribution in [0, 0.1) is 0 Å². The monoisotopic (exact) mass is 876 g/mol. The summed E-state index contributed by atoms with van der Waals surface area (Å²) in [6.07, 6.45) is 57.0. The average molecular weight is 876 g/mol. The number of amides is 1. The highest BCUT2D eigenvalue weighted by molar-refractivity contribution is 5.77. The van der Waals surface area contributed by atoms with Crippen molar-refractivity contribution in [3.63, 3.8) is 0 Å². The van der Waals surface area contributed by atoms with Crippen molar-refractivity contribution >= 4 is 11.9 Å². The number of nitrogens with one attached hydrogen (secondary N) is 1. The Morgan fingerprint density at radius 3 is 1.15 bits per heavy atom. The second-order valence-corrected chi connectivity index (χ2v) is 19.3. The van der Waals surface area contributed by atoms with Gasteiger partial charge in [0.05, 0.1) is 25.2 Å². The summed E-state index contributed by atoms with van der Waals surface area (Å²) in [5.74, 6) is -0.462. The molecule has 0 bridgehead atoms. The Bertz CT molecular complexity index is 939. The van der Waals surface area contributed by atoms with Crippen LogP contribution in [-0.2, 0) is 14.3 Å². The van der Waals surface area contributed by atoms with Gasteiger partial charge in [-0.2, -0.15) is 0 Å². The number of hydrogen-bond donors (Lipinski definition) is 3. The molecule has 6 nitrogen and oxygen atoms in total. The first kappa shape index (κ1) is 60.6. The van der Waals surface area contributed by atoms with Crippen molar-refractivity contribution < 1.29 is 24.5 Å². The van der Waals surface area contributed by atoms with Gasteiger partial charge in [-0.05, 0) is 51.4 Å². The number of aliphatic hydroxyl groups is 2. The zero-order valence-electron chi connectivity index (χ0n) is 42.0. The quantitative estimate of drug-likeness (QED) is 0.0321. The SMILES string of the molecule is CCCCCCCCC/C=C/CCCCCCCC(=O)OC(CCCCCCCCCCCCCCCCCC)CC(=O)NC(CO)C(O)CCCCCCCCCCCCC. The second-order valence-electron chi connectivity index (χ2n) is 19.3. The number of unbranched alkanes of at least 4 members (excludes halogenated alkanes) is 37. The fourth-order valence-corrected chi connectivity index (χ4v) is 8.84. The number of carbonyl (C=O) groups excluding carboxylic acids is 2. The lowest BCUT2D eigenvalue weighted by atomic mass is 10.0. The van der Waals surface area contributed by atoms with Crippen molar-refractivity contribution in [2.24, 2.45) is 0 Å². The molecule has 0 aliphatic carbocycles. The maximum absolute atomic E-state index is 13.2. The molecule has 0 aliphatic rings. The van der Waals surface area contributed by atoms with E-state index in [-0.39, 0.29) is 24.9 Å². The molecule has 0 saturated carbocycles. The van der Waals surface area contributed by atoms with Gasteiger partial charge >= 0.3 is 5.97 Å². The summed E-state index contributed by atoms with van der Waals surface area (Å²) in [4.78, 5) is 26.2. The average Bonchev–Trinajstić information content (AvgIpc) is 3.26. The molecule has 0 saturated heterocycles. The molecular weight excluding hydrogens is 767 g/mol. The fourth-order valence-electron chi connectivity index (χ4n) is 8.84. The molecule has 0 aliphatic heterocycles. The van der Waals surface area contributed by atoms with E-state index in [4.69, 9.17) is 4.74 Å². The lowest BCUT2D eigenvalue weighted by Gasteiger charge is -2.24. The molecule has 62 heavy (non-hydrogen) atoms. The van der Waals surface area contributed by atoms with Gasteiger partial charge in [0.1, 0.15) is 6.10 Å². The minimum Gasteiger partial charge on any atom is -0.462 e. The Balaban J connectivity index is 4.53. The van der Waals surface area contributed by atoms with Crippen molar-refractivity contribution in [3.8, 4) is 0 Å². The molecule has 6 heteroatoms. The molecule has 0 radical (unpaired) electrons. The number of carbonyl (C=O) groups is 2. The van der Waals surface area contributed by atoms with Crippen LogP contribution < -0.4 is 5.32 Å². The molecule has 3 atom stereocenters. The maximum Gasteiger partial charge on any atom is 0.306 e. The number of allylic oxidation sites excluding steroid dienone is 2. The predicted molar refractivity (Wildman–Crippen MR) is 269 cm³/mol. The van der Waals surface area contributed by atoms with Crippen molar-refractivity contribution in [2.75, 3.05) is 6.61 Å². The minimum atomic E-state index is -0.783. The number of aliphatic hydroxyl groups excluding tert-OH is 2. The highest BCUT2D eigenvalue weighted by Crippen LogP contribution is 2.19. The van der Waals surface area contributed by atoms with E-state index in [1.165, 1.54) is 212 Å². The molecule has 0 aromatic heterocycles. The first-order valence-electron chi connectivity index (χ1n) is 27.9. The summed E-state index contributed by atoms with van der Waals surface area (Å²) < 4.78 is 5.96. The van der Waals surface area contributed by atoms with Crippen LogP contribution in [0.2, 0.25) is 0 Å². The molecule has 0 heterocycles. The largest absolute Gasteiger partial charge is 0.462 e. The first-order chi connectivity index (χ1) is 30.5. The summed E-state index contributed by atoms with van der Waals surface area (Å²) >= 11 is 0. The van der Waals surface area contributed by atoms with Gasteiger partial charge in [-0.15, -0.1) is 0 Å². The summed E-state index contributed by atoms with van der Waals surface area (Å²) in [7, 11) is 0. The standard InChI is InChI=1S/C56H109NO5/c1-4-7-10-13-16-19-22-24-26-28-30-33-35-38-41-44-47-52(62-56(61)49-46-43-40-37-34-31-29-27-25-23-20-17-14-11-8-5-2)50-55(60)57-53(51-58)54(59)48-45-42-39-36-32-21-18-15-12-9-6-3/h27,29,52-54,58-59H,4-26,28,30-51H2,1-3H3,(H,57,60)/b29-27+. The van der Waals surface area contributed by atoms with Gasteiger partial charge in [-0.3, -0.25) is 9.59 Å². The van der Waals surface area contributed by atoms with Crippen molar-refractivity contribution in [1.29, 1.82) is 0 Å². The fraction of sp³-hybridized carbons (Fsp3) is 0.929. The van der Waals surface area contributed by atoms with Crippen molar-refractivity contribution in [1.82, 2.24) is 5.32 Å². The van der Waals surface area contributed by atoms with Crippen LogP contribution in [0.1, 0.15) is 310 Å². The Labute approximate surface area is 387 Å². The van der Waals surface area contributed by atoms with Crippen LogP contribution in [0.25, 0.3) is 0 Å². The highest BCUT2D eigenvalue weighted by Gasteiger charge is 2.24. The van der Waals surface area contributed by atoms with Crippen LogP contribution in [-0.4, -0.2) is 46.9 Å². The van der Waals surface area contributed by atoms with E-state index in [9.17, 15) is 19.8 Å². The molecule has 0 fully saturated rings. The Kier molecular flexibility index (Phi) is 49.5. The van der Waals surface area contributed by atoms with E-state index < -0.39 is 18.2 Å². The Morgan fingerprint density at radius 2 is 0.774 bits per heavy atom. The summed E-state index contributed by atoms with van der Waals surface area (Å²) in [6.45, 7) is 6.51. The van der Waals surface area contributed by atoms with Crippen LogP contribution in [0.15, 0.2) is 12.2 Å². The summed E-state index contributed by atoms with van der Waals surface area (Å²) in [5.41, 5.74) is 0. The van der Waals surface area contributed by atoms with E-state index in [2.05, 4.69) is 38.2 Å².